The average molecular weight is 705 g/mol. The van der Waals surface area contributed by atoms with Crippen LogP contribution in [0.1, 0.15) is 42.4 Å². The molecule has 6 aliphatic heterocycles. The third kappa shape index (κ3) is 6.74. The second-order valence-corrected chi connectivity index (χ2v) is 14.1. The highest BCUT2D eigenvalue weighted by molar-refractivity contribution is 6.33. The van der Waals surface area contributed by atoms with Crippen molar-refractivity contribution in [1.29, 1.82) is 0 Å². The van der Waals surface area contributed by atoms with E-state index < -0.39 is 47.2 Å². The molecular formula is C34H40ClF3N6O5. The van der Waals surface area contributed by atoms with Crippen LogP contribution in [-0.2, 0) is 32.5 Å². The van der Waals surface area contributed by atoms with E-state index in [4.69, 9.17) is 26.8 Å². The first-order valence-electron chi connectivity index (χ1n) is 16.9. The molecule has 1 spiro atoms. The SMILES string of the molecule is Nc1c(Cl)cc(C[C@@H](OC(=O)N2CCC3(CC2)OC(=O)Nc2ccccc23)C(=O)N2CCN(C3CN4CCC3CC4)CC2)cc1C(F)(F)F. The van der Waals surface area contributed by atoms with Gasteiger partial charge >= 0.3 is 18.4 Å². The van der Waals surface area contributed by atoms with Crippen molar-refractivity contribution in [3.05, 3.63) is 58.1 Å². The van der Waals surface area contributed by atoms with E-state index in [0.717, 1.165) is 31.3 Å². The molecule has 0 aromatic heterocycles. The number of piperidine rings is 4. The highest BCUT2D eigenvalue weighted by Crippen LogP contribution is 2.44. The summed E-state index contributed by atoms with van der Waals surface area (Å²) >= 11 is 6.11. The zero-order chi connectivity index (χ0) is 34.5. The third-order valence-electron chi connectivity index (χ3n) is 10.9. The lowest BCUT2D eigenvalue weighted by Gasteiger charge is -2.51. The van der Waals surface area contributed by atoms with Crippen LogP contribution in [0.15, 0.2) is 36.4 Å². The first-order chi connectivity index (χ1) is 23.4. The van der Waals surface area contributed by atoms with Crippen molar-refractivity contribution >= 4 is 41.1 Å². The van der Waals surface area contributed by atoms with Crippen molar-refractivity contribution < 1.29 is 37.0 Å². The van der Waals surface area contributed by atoms with E-state index in [-0.39, 0.29) is 30.1 Å². The number of nitrogens with zero attached hydrogens (tertiary/aromatic N) is 4. The van der Waals surface area contributed by atoms with Crippen LogP contribution < -0.4 is 11.1 Å². The van der Waals surface area contributed by atoms with Gasteiger partial charge < -0.3 is 29.9 Å². The van der Waals surface area contributed by atoms with Gasteiger partial charge in [0, 0.05) is 76.7 Å². The number of ether oxygens (including phenoxy) is 2. The van der Waals surface area contributed by atoms with E-state index in [1.165, 1.54) is 23.8 Å². The van der Waals surface area contributed by atoms with E-state index in [1.807, 2.05) is 18.2 Å². The molecule has 1 unspecified atom stereocenters. The average Bonchev–Trinajstić information content (AvgIpc) is 3.09. The van der Waals surface area contributed by atoms with Crippen LogP contribution in [0.3, 0.4) is 0 Å². The van der Waals surface area contributed by atoms with Gasteiger partial charge in [-0.1, -0.05) is 29.8 Å². The molecule has 6 aliphatic rings. The number of anilines is 2. The highest BCUT2D eigenvalue weighted by Gasteiger charge is 2.46. The van der Waals surface area contributed by atoms with Gasteiger partial charge in [0.15, 0.2) is 6.10 Å². The Kier molecular flexibility index (Phi) is 9.07. The number of rotatable bonds is 5. The van der Waals surface area contributed by atoms with Crippen molar-refractivity contribution in [1.82, 2.24) is 19.6 Å². The molecular weight excluding hydrogens is 665 g/mol. The van der Waals surface area contributed by atoms with Gasteiger partial charge in [0.25, 0.3) is 5.91 Å². The van der Waals surface area contributed by atoms with Crippen molar-refractivity contribution in [3.63, 3.8) is 0 Å². The van der Waals surface area contributed by atoms with Crippen molar-refractivity contribution in [2.45, 2.75) is 56.0 Å². The molecule has 0 saturated carbocycles. The van der Waals surface area contributed by atoms with Gasteiger partial charge in [-0.25, -0.2) is 9.59 Å². The molecule has 5 saturated heterocycles. The topological polar surface area (TPSA) is 121 Å². The molecule has 2 aromatic carbocycles. The van der Waals surface area contributed by atoms with E-state index in [1.54, 1.807) is 11.0 Å². The molecule has 2 bridgehead atoms. The molecule has 2 aromatic rings. The highest BCUT2D eigenvalue weighted by atomic mass is 35.5. The number of benzene rings is 2. The second-order valence-electron chi connectivity index (χ2n) is 13.7. The number of halogens is 4. The largest absolute Gasteiger partial charge is 0.438 e. The fraction of sp³-hybridized carbons (Fsp3) is 0.559. The number of nitrogens with one attached hydrogen (secondary N) is 1. The fourth-order valence-corrected chi connectivity index (χ4v) is 8.46. The van der Waals surface area contributed by atoms with E-state index >= 15 is 0 Å². The van der Waals surface area contributed by atoms with Crippen LogP contribution in [0.2, 0.25) is 5.02 Å². The fourth-order valence-electron chi connectivity index (χ4n) is 8.22. The number of para-hydroxylation sites is 1. The van der Waals surface area contributed by atoms with Gasteiger partial charge in [0.1, 0.15) is 5.60 Å². The van der Waals surface area contributed by atoms with Crippen molar-refractivity contribution in [2.24, 2.45) is 5.92 Å². The number of likely N-dealkylation sites (tertiary alicyclic amines) is 1. The summed E-state index contributed by atoms with van der Waals surface area (Å²) < 4.78 is 53.1. The number of piperazine rings is 1. The van der Waals surface area contributed by atoms with Crippen LogP contribution in [0.4, 0.5) is 34.1 Å². The summed E-state index contributed by atoms with van der Waals surface area (Å²) in [5, 5.41) is 2.41. The Bertz CT molecular complexity index is 1600. The van der Waals surface area contributed by atoms with Crippen molar-refractivity contribution in [2.75, 3.05) is 70.0 Å². The lowest BCUT2D eigenvalue weighted by Crippen LogP contribution is -2.62. The van der Waals surface area contributed by atoms with Gasteiger partial charge in [-0.3, -0.25) is 15.0 Å². The van der Waals surface area contributed by atoms with Crippen molar-refractivity contribution in [3.8, 4) is 0 Å². The van der Waals surface area contributed by atoms with Gasteiger partial charge in [-0.15, -0.1) is 0 Å². The summed E-state index contributed by atoms with van der Waals surface area (Å²) in [5.41, 5.74) is 4.54. The van der Waals surface area contributed by atoms with Crippen LogP contribution in [0.5, 0.6) is 0 Å². The maximum absolute atomic E-state index is 14.0. The summed E-state index contributed by atoms with van der Waals surface area (Å²) in [4.78, 5) is 48.0. The Hall–Kier alpha value is -3.75. The van der Waals surface area contributed by atoms with Crippen LogP contribution in [-0.4, -0.2) is 109 Å². The number of hydrogen-bond donors (Lipinski definition) is 2. The zero-order valence-corrected chi connectivity index (χ0v) is 27.8. The molecule has 264 valence electrons. The lowest BCUT2D eigenvalue weighted by atomic mass is 9.82. The smallest absolute Gasteiger partial charge is 0.418 e. The Morgan fingerprint density at radius 1 is 1.02 bits per heavy atom. The van der Waals surface area contributed by atoms with E-state index in [9.17, 15) is 27.6 Å². The van der Waals surface area contributed by atoms with Crippen LogP contribution in [0.25, 0.3) is 0 Å². The number of carbonyl (C=O) groups is 3. The maximum atomic E-state index is 14.0. The second kappa shape index (κ2) is 13.2. The number of hydrogen-bond acceptors (Lipinski definition) is 8. The zero-order valence-electron chi connectivity index (χ0n) is 27.0. The number of nitrogens with two attached hydrogens (primary N) is 1. The molecule has 49 heavy (non-hydrogen) atoms. The molecule has 6 heterocycles. The minimum atomic E-state index is -4.77. The Morgan fingerprint density at radius 2 is 1.71 bits per heavy atom. The van der Waals surface area contributed by atoms with Crippen LogP contribution >= 0.6 is 11.6 Å². The normalized spacial score (nSPS) is 25.7. The van der Waals surface area contributed by atoms with Gasteiger partial charge in [0.05, 0.1) is 22.0 Å². The first-order valence-corrected chi connectivity index (χ1v) is 17.2. The summed E-state index contributed by atoms with van der Waals surface area (Å²) in [6.07, 6.45) is -4.88. The Balaban J connectivity index is 1.07. The molecule has 3 amide bonds. The monoisotopic (exact) mass is 704 g/mol. The number of nitrogen functional groups attached to an aromatic ring is 1. The summed E-state index contributed by atoms with van der Waals surface area (Å²) in [6, 6.07) is 9.90. The number of alkyl halides is 3. The molecule has 8 rings (SSSR count). The van der Waals surface area contributed by atoms with Gasteiger partial charge in [0.2, 0.25) is 0 Å². The minimum Gasteiger partial charge on any atom is -0.438 e. The quantitative estimate of drug-likeness (QED) is 0.427. The summed E-state index contributed by atoms with van der Waals surface area (Å²) in [5.74, 6) is 0.169. The summed E-state index contributed by atoms with van der Waals surface area (Å²) in [6.45, 7) is 5.78. The predicted molar refractivity (Wildman–Crippen MR) is 175 cm³/mol. The lowest BCUT2D eigenvalue weighted by molar-refractivity contribution is -0.144. The predicted octanol–water partition coefficient (Wildman–Crippen LogP) is 4.78. The Morgan fingerprint density at radius 3 is 2.37 bits per heavy atom. The molecule has 2 atom stereocenters. The number of carbonyl (C=O) groups excluding carboxylic acids is 3. The van der Waals surface area contributed by atoms with E-state index in [0.29, 0.717) is 56.7 Å². The molecule has 5 fully saturated rings. The van der Waals surface area contributed by atoms with E-state index in [2.05, 4.69) is 15.1 Å². The maximum Gasteiger partial charge on any atom is 0.418 e. The molecule has 0 aliphatic carbocycles. The van der Waals surface area contributed by atoms with Gasteiger partial charge in [-0.05, 0) is 55.6 Å². The summed E-state index contributed by atoms with van der Waals surface area (Å²) in [7, 11) is 0. The standard InChI is InChI=1S/C34H40ClF3N6O5/c35-25-18-21(17-24(29(25)39)34(36,37)38)19-28(30(45)43-15-13-42(14-16-43)27-20-41-9-5-22(27)6-10-41)48-32(47)44-11-7-33(8-12-44)23-3-1-2-4-26(23)40-31(46)49-33/h1-4,17-18,22,27-28H,5-16,19-20,39H2,(H,40,46)/t27?,28-/m1/s1. The first kappa shape index (κ1) is 33.7. The number of fused-ring (bicyclic) bond motifs is 5. The van der Waals surface area contributed by atoms with Gasteiger partial charge in [-0.2, -0.15) is 13.2 Å². The van der Waals surface area contributed by atoms with Crippen LogP contribution in [0, 0.1) is 5.92 Å². The molecule has 0 radical (unpaired) electrons. The Labute approximate surface area is 287 Å². The third-order valence-corrected chi connectivity index (χ3v) is 11.2. The molecule has 11 nitrogen and oxygen atoms in total. The number of amides is 3. The minimum absolute atomic E-state index is 0.0689. The molecule has 3 N–H and O–H groups in total. The molecule has 15 heteroatoms.